The summed E-state index contributed by atoms with van der Waals surface area (Å²) in [6, 6.07) is 4.69. The van der Waals surface area contributed by atoms with Crippen LogP contribution in [0.4, 0.5) is 10.1 Å². The summed E-state index contributed by atoms with van der Waals surface area (Å²) in [4.78, 5) is 30.7. The van der Waals surface area contributed by atoms with Crippen LogP contribution in [0.15, 0.2) is 28.6 Å². The van der Waals surface area contributed by atoms with Crippen LogP contribution >= 0.6 is 0 Å². The van der Waals surface area contributed by atoms with Crippen LogP contribution < -0.4 is 10.2 Å². The Labute approximate surface area is 212 Å². The molecule has 1 saturated heterocycles. The minimum Gasteiger partial charge on any atom is -0.316 e. The average molecular weight is 519 g/mol. The van der Waals surface area contributed by atoms with E-state index in [1.165, 1.54) is 22.2 Å². The highest BCUT2D eigenvalue weighted by Gasteiger charge is 2.48. The minimum absolute atomic E-state index is 0.0966. The van der Waals surface area contributed by atoms with Gasteiger partial charge in [-0.1, -0.05) is 19.8 Å². The standard InChI is InChI=1S/C26H35FN4O4S/c1-17-5-7-20(8-6-17)24-28-25(33)26(29-24)11-13-31(14-12-26)36(34,35)16-23(27)22-10-9-21(15-18(22)2)30(4)19(3)32/h9-10,15-17,20H,5-8,11-14H2,1-4H3,(H,28,29,33)/b23-16+. The smallest absolute Gasteiger partial charge is 0.253 e. The van der Waals surface area contributed by atoms with Gasteiger partial charge in [-0.05, 0) is 62.3 Å². The van der Waals surface area contributed by atoms with E-state index in [0.717, 1.165) is 31.5 Å². The summed E-state index contributed by atoms with van der Waals surface area (Å²) in [7, 11) is -2.42. The number of nitrogens with zero attached hydrogens (tertiary/aromatic N) is 3. The lowest BCUT2D eigenvalue weighted by Crippen LogP contribution is -2.50. The number of hydrogen-bond donors (Lipinski definition) is 1. The van der Waals surface area contributed by atoms with Gasteiger partial charge in [0.15, 0.2) is 0 Å². The van der Waals surface area contributed by atoms with Crippen LogP contribution in [0.5, 0.6) is 0 Å². The Balaban J connectivity index is 1.45. The normalized spacial score (nSPS) is 25.0. The maximum atomic E-state index is 15.1. The van der Waals surface area contributed by atoms with Gasteiger partial charge in [-0.3, -0.25) is 14.6 Å². The zero-order valence-electron chi connectivity index (χ0n) is 21.4. The molecule has 2 heterocycles. The van der Waals surface area contributed by atoms with Crippen molar-refractivity contribution >= 4 is 39.2 Å². The van der Waals surface area contributed by atoms with E-state index in [0.29, 0.717) is 22.6 Å². The molecule has 196 valence electrons. The van der Waals surface area contributed by atoms with E-state index in [4.69, 9.17) is 4.99 Å². The molecule has 10 heteroatoms. The minimum atomic E-state index is -4.04. The zero-order chi connectivity index (χ0) is 26.3. The molecule has 8 nitrogen and oxygen atoms in total. The second-order valence-electron chi connectivity index (χ2n) is 10.4. The first-order valence-corrected chi connectivity index (χ1v) is 14.1. The van der Waals surface area contributed by atoms with Gasteiger partial charge in [0.05, 0.1) is 5.41 Å². The van der Waals surface area contributed by atoms with Crippen LogP contribution in [0, 0.1) is 18.8 Å². The van der Waals surface area contributed by atoms with Crippen LogP contribution in [0.2, 0.25) is 0 Å². The van der Waals surface area contributed by atoms with Crippen molar-refractivity contribution < 1.29 is 22.4 Å². The Bertz CT molecular complexity index is 1210. The van der Waals surface area contributed by atoms with Crippen LogP contribution in [0.25, 0.3) is 5.83 Å². The van der Waals surface area contributed by atoms with Gasteiger partial charge in [0.2, 0.25) is 15.9 Å². The van der Waals surface area contributed by atoms with E-state index in [1.807, 2.05) is 0 Å². The van der Waals surface area contributed by atoms with E-state index < -0.39 is 21.4 Å². The summed E-state index contributed by atoms with van der Waals surface area (Å²) in [6.45, 7) is 5.53. The number of aryl methyl sites for hydroxylation is 1. The predicted octanol–water partition coefficient (Wildman–Crippen LogP) is 3.76. The first-order valence-electron chi connectivity index (χ1n) is 12.6. The van der Waals surface area contributed by atoms with E-state index >= 15 is 4.39 Å². The monoisotopic (exact) mass is 518 g/mol. The van der Waals surface area contributed by atoms with Crippen molar-refractivity contribution in [1.29, 1.82) is 0 Å². The summed E-state index contributed by atoms with van der Waals surface area (Å²) in [5.74, 6) is 0.524. The van der Waals surface area contributed by atoms with E-state index in [9.17, 15) is 18.0 Å². The molecule has 1 saturated carbocycles. The molecule has 2 aliphatic heterocycles. The predicted molar refractivity (Wildman–Crippen MR) is 139 cm³/mol. The van der Waals surface area contributed by atoms with E-state index in [1.54, 1.807) is 26.1 Å². The Morgan fingerprint density at radius 3 is 2.44 bits per heavy atom. The highest BCUT2D eigenvalue weighted by Crippen LogP contribution is 2.36. The fourth-order valence-electron chi connectivity index (χ4n) is 5.29. The number of sulfonamides is 1. The summed E-state index contributed by atoms with van der Waals surface area (Å²) in [5, 5.41) is 3.63. The topological polar surface area (TPSA) is 99.2 Å². The summed E-state index contributed by atoms with van der Waals surface area (Å²) in [5.41, 5.74) is 0.336. The molecule has 1 aromatic carbocycles. The van der Waals surface area contributed by atoms with E-state index in [2.05, 4.69) is 12.2 Å². The Kier molecular flexibility index (Phi) is 7.39. The lowest BCUT2D eigenvalue weighted by molar-refractivity contribution is -0.125. The molecule has 0 atom stereocenters. The van der Waals surface area contributed by atoms with Crippen molar-refractivity contribution in [2.45, 2.75) is 64.8 Å². The first kappa shape index (κ1) is 26.5. The fraction of sp³-hybridized carbons (Fsp3) is 0.577. The van der Waals surface area contributed by atoms with Crippen molar-refractivity contribution in [1.82, 2.24) is 9.62 Å². The third-order valence-electron chi connectivity index (χ3n) is 7.89. The molecule has 1 aliphatic carbocycles. The van der Waals surface area contributed by atoms with Gasteiger partial charge in [0.25, 0.3) is 5.91 Å². The molecule has 1 spiro atoms. The van der Waals surface area contributed by atoms with Gasteiger partial charge < -0.3 is 10.2 Å². The van der Waals surface area contributed by atoms with Crippen LogP contribution in [0.3, 0.4) is 0 Å². The molecule has 0 bridgehead atoms. The van der Waals surface area contributed by atoms with Gasteiger partial charge in [0.1, 0.15) is 17.2 Å². The molecule has 1 N–H and O–H groups in total. The number of anilines is 1. The second kappa shape index (κ2) is 10.0. The Hall–Kier alpha value is -2.59. The lowest BCUT2D eigenvalue weighted by Gasteiger charge is -2.34. The molecule has 0 radical (unpaired) electrons. The van der Waals surface area contributed by atoms with Crippen molar-refractivity contribution in [3.8, 4) is 0 Å². The number of rotatable bonds is 5. The number of amides is 2. The number of piperidine rings is 1. The Morgan fingerprint density at radius 2 is 1.86 bits per heavy atom. The van der Waals surface area contributed by atoms with Gasteiger partial charge in [0, 0.05) is 44.2 Å². The van der Waals surface area contributed by atoms with Gasteiger partial charge in [-0.2, -0.15) is 4.31 Å². The first-order chi connectivity index (χ1) is 16.9. The van der Waals surface area contributed by atoms with Crippen molar-refractivity contribution in [3.05, 3.63) is 34.7 Å². The molecule has 2 amide bonds. The molecule has 4 rings (SSSR count). The van der Waals surface area contributed by atoms with Gasteiger partial charge in [-0.15, -0.1) is 0 Å². The SMILES string of the molecule is CC(=O)N(C)c1ccc(/C(F)=C\S(=O)(=O)N2CCC3(CC2)N=C(C2CCC(C)CC2)NC3=O)c(C)c1. The summed E-state index contributed by atoms with van der Waals surface area (Å²) < 4.78 is 42.3. The zero-order valence-corrected chi connectivity index (χ0v) is 22.2. The Morgan fingerprint density at radius 1 is 1.22 bits per heavy atom. The number of hydrogen-bond acceptors (Lipinski definition) is 5. The van der Waals surface area contributed by atoms with Gasteiger partial charge in [-0.25, -0.2) is 12.8 Å². The molecule has 3 aliphatic rings. The molecule has 0 aromatic heterocycles. The molecular formula is C26H35FN4O4S. The molecule has 0 unspecified atom stereocenters. The quantitative estimate of drug-likeness (QED) is 0.642. The van der Waals surface area contributed by atoms with Crippen LogP contribution in [0.1, 0.15) is 63.5 Å². The van der Waals surface area contributed by atoms with Crippen molar-refractivity contribution in [2.24, 2.45) is 16.8 Å². The maximum absolute atomic E-state index is 15.1. The number of amidine groups is 1. The van der Waals surface area contributed by atoms with E-state index in [-0.39, 0.29) is 49.2 Å². The molecule has 1 aromatic rings. The maximum Gasteiger partial charge on any atom is 0.253 e. The summed E-state index contributed by atoms with van der Waals surface area (Å²) in [6.07, 6.45) is 4.79. The second-order valence-corrected chi connectivity index (χ2v) is 12.2. The molecule has 2 fully saturated rings. The number of nitrogens with one attached hydrogen (secondary N) is 1. The lowest BCUT2D eigenvalue weighted by atomic mass is 9.82. The highest BCUT2D eigenvalue weighted by atomic mass is 32.2. The average Bonchev–Trinajstić information content (AvgIpc) is 3.14. The number of carbonyl (C=O) groups is 2. The molecule has 36 heavy (non-hydrogen) atoms. The third kappa shape index (κ3) is 5.25. The largest absolute Gasteiger partial charge is 0.316 e. The van der Waals surface area contributed by atoms with Crippen molar-refractivity contribution in [3.63, 3.8) is 0 Å². The fourth-order valence-corrected chi connectivity index (χ4v) is 6.52. The van der Waals surface area contributed by atoms with Crippen molar-refractivity contribution in [2.75, 3.05) is 25.0 Å². The van der Waals surface area contributed by atoms with Crippen LogP contribution in [-0.4, -0.2) is 56.0 Å². The molecular weight excluding hydrogens is 483 g/mol. The third-order valence-corrected chi connectivity index (χ3v) is 9.48. The number of carbonyl (C=O) groups excluding carboxylic acids is 2. The van der Waals surface area contributed by atoms with Gasteiger partial charge >= 0.3 is 0 Å². The number of halogens is 1. The summed E-state index contributed by atoms with van der Waals surface area (Å²) >= 11 is 0. The highest BCUT2D eigenvalue weighted by molar-refractivity contribution is 7.92. The number of benzene rings is 1. The van der Waals surface area contributed by atoms with Crippen LogP contribution in [-0.2, 0) is 19.6 Å². The number of aliphatic imine (C=N–C) groups is 1.